The third-order valence-corrected chi connectivity index (χ3v) is 2.95. The predicted octanol–water partition coefficient (Wildman–Crippen LogP) is 2.75. The SMILES string of the molecule is Cc1cccc(=O)n1-c1ccc(I)cc1. The van der Waals surface area contributed by atoms with Crippen molar-refractivity contribution in [3.8, 4) is 5.69 Å². The molecule has 3 heteroatoms. The van der Waals surface area contributed by atoms with Gasteiger partial charge in [-0.25, -0.2) is 0 Å². The molecule has 0 saturated heterocycles. The molecule has 0 amide bonds. The van der Waals surface area contributed by atoms with E-state index in [1.54, 1.807) is 16.7 Å². The highest BCUT2D eigenvalue weighted by molar-refractivity contribution is 14.1. The van der Waals surface area contributed by atoms with Gasteiger partial charge in [0.15, 0.2) is 0 Å². The van der Waals surface area contributed by atoms with E-state index in [1.807, 2.05) is 37.3 Å². The molecule has 76 valence electrons. The molecule has 2 rings (SSSR count). The summed E-state index contributed by atoms with van der Waals surface area (Å²) in [7, 11) is 0. The minimum Gasteiger partial charge on any atom is -0.282 e. The van der Waals surface area contributed by atoms with E-state index in [1.165, 1.54) is 0 Å². The maximum absolute atomic E-state index is 11.7. The molecule has 2 nitrogen and oxygen atoms in total. The van der Waals surface area contributed by atoms with E-state index < -0.39 is 0 Å². The van der Waals surface area contributed by atoms with Gasteiger partial charge in [-0.15, -0.1) is 0 Å². The Bertz CT molecular complexity index is 528. The van der Waals surface area contributed by atoms with Gasteiger partial charge in [-0.2, -0.15) is 0 Å². The lowest BCUT2D eigenvalue weighted by Gasteiger charge is -2.08. The summed E-state index contributed by atoms with van der Waals surface area (Å²) in [5.74, 6) is 0. The summed E-state index contributed by atoms with van der Waals surface area (Å²) >= 11 is 2.25. The van der Waals surface area contributed by atoms with E-state index in [0.29, 0.717) is 0 Å². The van der Waals surface area contributed by atoms with Crippen LogP contribution in [-0.2, 0) is 0 Å². The van der Waals surface area contributed by atoms with Crippen LogP contribution in [0.25, 0.3) is 5.69 Å². The number of hydrogen-bond donors (Lipinski definition) is 0. The first-order chi connectivity index (χ1) is 7.18. The molecular weight excluding hydrogens is 301 g/mol. The Balaban J connectivity index is 2.64. The monoisotopic (exact) mass is 311 g/mol. The quantitative estimate of drug-likeness (QED) is 0.742. The summed E-state index contributed by atoms with van der Waals surface area (Å²) in [6.45, 7) is 1.93. The highest BCUT2D eigenvalue weighted by atomic mass is 127. The molecule has 15 heavy (non-hydrogen) atoms. The van der Waals surface area contributed by atoms with Crippen molar-refractivity contribution < 1.29 is 0 Å². The zero-order valence-corrected chi connectivity index (χ0v) is 10.4. The first-order valence-corrected chi connectivity index (χ1v) is 5.71. The molecule has 0 spiro atoms. The van der Waals surface area contributed by atoms with Gasteiger partial charge < -0.3 is 0 Å². The average Bonchev–Trinajstić information content (AvgIpc) is 2.20. The van der Waals surface area contributed by atoms with Crippen molar-refractivity contribution in [1.29, 1.82) is 0 Å². The van der Waals surface area contributed by atoms with Crippen molar-refractivity contribution in [1.82, 2.24) is 4.57 Å². The van der Waals surface area contributed by atoms with Crippen LogP contribution in [0, 0.1) is 10.5 Å². The van der Waals surface area contributed by atoms with Crippen molar-refractivity contribution in [2.75, 3.05) is 0 Å². The topological polar surface area (TPSA) is 22.0 Å². The van der Waals surface area contributed by atoms with Crippen LogP contribution in [-0.4, -0.2) is 4.57 Å². The van der Waals surface area contributed by atoms with Gasteiger partial charge in [0.25, 0.3) is 5.56 Å². The van der Waals surface area contributed by atoms with Gasteiger partial charge in [0, 0.05) is 21.0 Å². The number of benzene rings is 1. The molecule has 0 bridgehead atoms. The molecule has 0 radical (unpaired) electrons. The third kappa shape index (κ3) is 2.12. The van der Waals surface area contributed by atoms with Crippen LogP contribution >= 0.6 is 22.6 Å². The summed E-state index contributed by atoms with van der Waals surface area (Å²) in [4.78, 5) is 11.7. The molecule has 0 atom stereocenters. The van der Waals surface area contributed by atoms with Crippen LogP contribution in [0.3, 0.4) is 0 Å². The molecule has 0 saturated carbocycles. The van der Waals surface area contributed by atoms with Gasteiger partial charge in [0.1, 0.15) is 0 Å². The molecule has 0 fully saturated rings. The van der Waals surface area contributed by atoms with Crippen molar-refractivity contribution in [2.45, 2.75) is 6.92 Å². The smallest absolute Gasteiger partial charge is 0.255 e. The molecular formula is C12H10INO. The first kappa shape index (κ1) is 10.4. The van der Waals surface area contributed by atoms with Crippen LogP contribution in [0.4, 0.5) is 0 Å². The van der Waals surface area contributed by atoms with Gasteiger partial charge in [-0.1, -0.05) is 6.07 Å². The Morgan fingerprint density at radius 1 is 1.07 bits per heavy atom. The van der Waals surface area contributed by atoms with Gasteiger partial charge in [-0.3, -0.25) is 9.36 Å². The van der Waals surface area contributed by atoms with E-state index in [2.05, 4.69) is 22.6 Å². The Kier molecular flexibility index (Phi) is 2.90. The lowest BCUT2D eigenvalue weighted by molar-refractivity contribution is 0.934. The average molecular weight is 311 g/mol. The van der Waals surface area contributed by atoms with E-state index in [0.717, 1.165) is 15.0 Å². The molecule has 0 aliphatic rings. The van der Waals surface area contributed by atoms with Crippen LogP contribution in [0.15, 0.2) is 47.3 Å². The van der Waals surface area contributed by atoms with Crippen molar-refractivity contribution in [2.24, 2.45) is 0 Å². The summed E-state index contributed by atoms with van der Waals surface area (Å²) < 4.78 is 2.87. The lowest BCUT2D eigenvalue weighted by atomic mass is 10.3. The van der Waals surface area contributed by atoms with Crippen molar-refractivity contribution in [3.05, 3.63) is 62.1 Å². The fraction of sp³-hybridized carbons (Fsp3) is 0.0833. The van der Waals surface area contributed by atoms with E-state index >= 15 is 0 Å². The minimum atomic E-state index is 0.0104. The second-order valence-corrected chi connectivity index (χ2v) is 4.56. The summed E-state index contributed by atoms with van der Waals surface area (Å²) in [6, 6.07) is 13.2. The zero-order valence-electron chi connectivity index (χ0n) is 8.27. The van der Waals surface area contributed by atoms with Crippen molar-refractivity contribution in [3.63, 3.8) is 0 Å². The standard InChI is InChI=1S/C12H10INO/c1-9-3-2-4-12(15)14(9)11-7-5-10(13)6-8-11/h2-8H,1H3. The molecule has 0 N–H and O–H groups in total. The van der Waals surface area contributed by atoms with E-state index in [-0.39, 0.29) is 5.56 Å². The maximum atomic E-state index is 11.7. The Hall–Kier alpha value is -1.10. The van der Waals surface area contributed by atoms with Crippen molar-refractivity contribution >= 4 is 22.6 Å². The Labute approximate surface area is 102 Å². The van der Waals surface area contributed by atoms with Gasteiger partial charge in [0.05, 0.1) is 0 Å². The molecule has 2 aromatic rings. The van der Waals surface area contributed by atoms with E-state index in [9.17, 15) is 4.79 Å². The fourth-order valence-electron chi connectivity index (χ4n) is 1.51. The van der Waals surface area contributed by atoms with Gasteiger partial charge in [0.2, 0.25) is 0 Å². The van der Waals surface area contributed by atoms with Gasteiger partial charge in [-0.05, 0) is 59.8 Å². The van der Waals surface area contributed by atoms with Crippen LogP contribution in [0.1, 0.15) is 5.69 Å². The summed E-state index contributed by atoms with van der Waals surface area (Å²) in [5.41, 5.74) is 1.87. The maximum Gasteiger partial charge on any atom is 0.255 e. The number of aromatic nitrogens is 1. The minimum absolute atomic E-state index is 0.0104. The molecule has 0 aliphatic carbocycles. The summed E-state index contributed by atoms with van der Waals surface area (Å²) in [5, 5.41) is 0. The number of aryl methyl sites for hydroxylation is 1. The highest BCUT2D eigenvalue weighted by Gasteiger charge is 2.01. The third-order valence-electron chi connectivity index (χ3n) is 2.23. The molecule has 1 heterocycles. The highest BCUT2D eigenvalue weighted by Crippen LogP contribution is 2.11. The Morgan fingerprint density at radius 2 is 1.73 bits per heavy atom. The van der Waals surface area contributed by atoms with Gasteiger partial charge >= 0.3 is 0 Å². The zero-order chi connectivity index (χ0) is 10.8. The lowest BCUT2D eigenvalue weighted by Crippen LogP contribution is -2.18. The van der Waals surface area contributed by atoms with Crippen LogP contribution < -0.4 is 5.56 Å². The fourth-order valence-corrected chi connectivity index (χ4v) is 1.87. The second kappa shape index (κ2) is 4.18. The van der Waals surface area contributed by atoms with Crippen LogP contribution in [0.5, 0.6) is 0 Å². The Morgan fingerprint density at radius 3 is 2.33 bits per heavy atom. The van der Waals surface area contributed by atoms with E-state index in [4.69, 9.17) is 0 Å². The normalized spacial score (nSPS) is 10.3. The number of pyridine rings is 1. The molecule has 0 unspecified atom stereocenters. The van der Waals surface area contributed by atoms with Crippen LogP contribution in [0.2, 0.25) is 0 Å². The molecule has 0 aliphatic heterocycles. The molecule has 1 aromatic heterocycles. The second-order valence-electron chi connectivity index (χ2n) is 3.32. The predicted molar refractivity (Wildman–Crippen MR) is 69.5 cm³/mol. The number of rotatable bonds is 1. The first-order valence-electron chi connectivity index (χ1n) is 4.63. The largest absolute Gasteiger partial charge is 0.282 e. The number of halogens is 1. The molecule has 1 aromatic carbocycles. The number of hydrogen-bond acceptors (Lipinski definition) is 1. The summed E-state index contributed by atoms with van der Waals surface area (Å²) in [6.07, 6.45) is 0. The number of nitrogens with zero attached hydrogens (tertiary/aromatic N) is 1.